The van der Waals surface area contributed by atoms with Gasteiger partial charge in [0.05, 0.1) is 0 Å². The van der Waals surface area contributed by atoms with Gasteiger partial charge in [-0.25, -0.2) is 0 Å². The first-order valence-electron chi connectivity index (χ1n) is 7.30. The molecule has 3 rings (SSSR count). The van der Waals surface area contributed by atoms with Gasteiger partial charge in [-0.15, -0.1) is 0 Å². The van der Waals surface area contributed by atoms with E-state index in [2.05, 4.69) is 70.2 Å². The standard InChI is InChI=1S/C18H20BrN/c1-14-12-15(13-19)9-10-17(14)20-11-5-4-7-16-6-2-3-8-18(16)20/h2-3,6,8-10,12H,4-5,7,11,13H2,1H3. The zero-order valence-corrected chi connectivity index (χ0v) is 13.5. The lowest BCUT2D eigenvalue weighted by Crippen LogP contribution is -2.18. The molecule has 0 saturated carbocycles. The van der Waals surface area contributed by atoms with Crippen molar-refractivity contribution in [3.8, 4) is 0 Å². The SMILES string of the molecule is Cc1cc(CBr)ccc1N1CCCCc2ccccc21. The minimum Gasteiger partial charge on any atom is -0.341 e. The maximum Gasteiger partial charge on any atom is 0.0443 e. The molecular formula is C18H20BrN. The molecular weight excluding hydrogens is 310 g/mol. The second-order valence-electron chi connectivity index (χ2n) is 5.49. The number of rotatable bonds is 2. The van der Waals surface area contributed by atoms with Crippen LogP contribution in [0.1, 0.15) is 29.5 Å². The zero-order valence-electron chi connectivity index (χ0n) is 11.9. The molecule has 104 valence electrons. The van der Waals surface area contributed by atoms with E-state index in [1.165, 1.54) is 47.3 Å². The van der Waals surface area contributed by atoms with Gasteiger partial charge in [-0.1, -0.05) is 46.3 Å². The second-order valence-corrected chi connectivity index (χ2v) is 6.05. The molecule has 1 aliphatic rings. The summed E-state index contributed by atoms with van der Waals surface area (Å²) in [5, 5.41) is 0.921. The highest BCUT2D eigenvalue weighted by Crippen LogP contribution is 2.34. The summed E-state index contributed by atoms with van der Waals surface area (Å²) in [7, 11) is 0. The molecule has 0 aliphatic carbocycles. The lowest BCUT2D eigenvalue weighted by molar-refractivity contribution is 0.760. The second kappa shape index (κ2) is 6.01. The van der Waals surface area contributed by atoms with Crippen LogP contribution in [0.25, 0.3) is 0 Å². The Morgan fingerprint density at radius 2 is 1.90 bits per heavy atom. The molecule has 2 aromatic rings. The first-order chi connectivity index (χ1) is 9.79. The predicted octanol–water partition coefficient (Wildman–Crippen LogP) is 5.36. The molecule has 0 spiro atoms. The maximum absolute atomic E-state index is 3.54. The van der Waals surface area contributed by atoms with E-state index >= 15 is 0 Å². The topological polar surface area (TPSA) is 3.24 Å². The van der Waals surface area contributed by atoms with Crippen molar-refractivity contribution in [1.82, 2.24) is 0 Å². The highest BCUT2D eigenvalue weighted by molar-refractivity contribution is 9.08. The van der Waals surface area contributed by atoms with Gasteiger partial charge >= 0.3 is 0 Å². The quantitative estimate of drug-likeness (QED) is 0.670. The fourth-order valence-corrected chi connectivity index (χ4v) is 3.39. The summed E-state index contributed by atoms with van der Waals surface area (Å²) in [6, 6.07) is 15.6. The third kappa shape index (κ3) is 2.62. The van der Waals surface area contributed by atoms with Gasteiger partial charge in [0.1, 0.15) is 0 Å². The van der Waals surface area contributed by atoms with Crippen LogP contribution in [0.5, 0.6) is 0 Å². The minimum atomic E-state index is 0.921. The van der Waals surface area contributed by atoms with Crippen molar-refractivity contribution >= 4 is 27.3 Å². The smallest absolute Gasteiger partial charge is 0.0443 e. The Bertz CT molecular complexity index is 606. The normalized spacial score (nSPS) is 14.8. The van der Waals surface area contributed by atoms with Gasteiger partial charge in [0.15, 0.2) is 0 Å². The summed E-state index contributed by atoms with van der Waals surface area (Å²) in [5.41, 5.74) is 6.92. The molecule has 0 amide bonds. The molecule has 2 aromatic carbocycles. The Morgan fingerprint density at radius 3 is 2.70 bits per heavy atom. The van der Waals surface area contributed by atoms with E-state index in [1.807, 2.05) is 0 Å². The van der Waals surface area contributed by atoms with E-state index in [4.69, 9.17) is 0 Å². The molecule has 1 nitrogen and oxygen atoms in total. The van der Waals surface area contributed by atoms with E-state index in [1.54, 1.807) is 0 Å². The molecule has 0 radical (unpaired) electrons. The zero-order chi connectivity index (χ0) is 13.9. The number of hydrogen-bond acceptors (Lipinski definition) is 1. The van der Waals surface area contributed by atoms with Crippen molar-refractivity contribution < 1.29 is 0 Å². The number of nitrogens with zero attached hydrogens (tertiary/aromatic N) is 1. The number of aryl methyl sites for hydroxylation is 2. The van der Waals surface area contributed by atoms with E-state index < -0.39 is 0 Å². The van der Waals surface area contributed by atoms with Crippen LogP contribution in [0.4, 0.5) is 11.4 Å². The van der Waals surface area contributed by atoms with Crippen LogP contribution in [0, 0.1) is 6.92 Å². The molecule has 0 saturated heterocycles. The number of para-hydroxylation sites is 1. The van der Waals surface area contributed by atoms with Crippen molar-refractivity contribution in [3.63, 3.8) is 0 Å². The van der Waals surface area contributed by atoms with Gasteiger partial charge in [0, 0.05) is 23.2 Å². The first kappa shape index (κ1) is 13.7. The third-order valence-electron chi connectivity index (χ3n) is 4.07. The Morgan fingerprint density at radius 1 is 1.05 bits per heavy atom. The van der Waals surface area contributed by atoms with Crippen molar-refractivity contribution in [3.05, 3.63) is 59.2 Å². The van der Waals surface area contributed by atoms with Gasteiger partial charge in [0.2, 0.25) is 0 Å². The molecule has 0 N–H and O–H groups in total. The molecule has 1 heterocycles. The van der Waals surface area contributed by atoms with Crippen molar-refractivity contribution in [2.45, 2.75) is 31.5 Å². The lowest BCUT2D eigenvalue weighted by Gasteiger charge is -2.27. The molecule has 0 bridgehead atoms. The molecule has 2 heteroatoms. The van der Waals surface area contributed by atoms with E-state index in [0.717, 1.165) is 11.9 Å². The number of anilines is 2. The summed E-state index contributed by atoms with van der Waals surface area (Å²) in [4.78, 5) is 2.50. The summed E-state index contributed by atoms with van der Waals surface area (Å²) >= 11 is 3.54. The number of benzene rings is 2. The van der Waals surface area contributed by atoms with Crippen molar-refractivity contribution in [2.24, 2.45) is 0 Å². The van der Waals surface area contributed by atoms with Gasteiger partial charge < -0.3 is 4.90 Å². The molecule has 0 unspecified atom stereocenters. The maximum atomic E-state index is 3.54. The number of halogens is 1. The Hall–Kier alpha value is -1.28. The summed E-state index contributed by atoms with van der Waals surface area (Å²) in [6.07, 6.45) is 3.74. The Kier molecular flexibility index (Phi) is 4.11. The third-order valence-corrected chi connectivity index (χ3v) is 4.71. The van der Waals surface area contributed by atoms with E-state index in [0.29, 0.717) is 0 Å². The highest BCUT2D eigenvalue weighted by Gasteiger charge is 2.17. The number of hydrogen-bond donors (Lipinski definition) is 0. The van der Waals surface area contributed by atoms with Crippen LogP contribution < -0.4 is 4.90 Å². The lowest BCUT2D eigenvalue weighted by atomic mass is 10.1. The average Bonchev–Trinajstić information content (AvgIpc) is 2.69. The molecule has 1 aliphatic heterocycles. The van der Waals surface area contributed by atoms with E-state index in [-0.39, 0.29) is 0 Å². The highest BCUT2D eigenvalue weighted by atomic mass is 79.9. The van der Waals surface area contributed by atoms with Gasteiger partial charge in [0.25, 0.3) is 0 Å². The van der Waals surface area contributed by atoms with Crippen LogP contribution in [0.2, 0.25) is 0 Å². The number of alkyl halides is 1. The fraction of sp³-hybridized carbons (Fsp3) is 0.333. The summed E-state index contributed by atoms with van der Waals surface area (Å²) in [6.45, 7) is 3.33. The Labute approximate surface area is 129 Å². The van der Waals surface area contributed by atoms with Crippen molar-refractivity contribution in [1.29, 1.82) is 0 Å². The van der Waals surface area contributed by atoms with Gasteiger partial charge in [-0.3, -0.25) is 0 Å². The average molecular weight is 330 g/mol. The Balaban J connectivity index is 2.05. The van der Waals surface area contributed by atoms with Crippen LogP contribution in [-0.2, 0) is 11.8 Å². The fourth-order valence-electron chi connectivity index (χ4n) is 3.05. The molecule has 20 heavy (non-hydrogen) atoms. The van der Waals surface area contributed by atoms with Crippen LogP contribution in [-0.4, -0.2) is 6.54 Å². The molecule has 0 aromatic heterocycles. The van der Waals surface area contributed by atoms with E-state index in [9.17, 15) is 0 Å². The monoisotopic (exact) mass is 329 g/mol. The van der Waals surface area contributed by atoms with Crippen LogP contribution in [0.3, 0.4) is 0 Å². The minimum absolute atomic E-state index is 0.921. The largest absolute Gasteiger partial charge is 0.341 e. The summed E-state index contributed by atoms with van der Waals surface area (Å²) < 4.78 is 0. The van der Waals surface area contributed by atoms with Gasteiger partial charge in [-0.05, 0) is 55.0 Å². The summed E-state index contributed by atoms with van der Waals surface area (Å²) in [5.74, 6) is 0. The van der Waals surface area contributed by atoms with Crippen LogP contribution in [0.15, 0.2) is 42.5 Å². The predicted molar refractivity (Wildman–Crippen MR) is 90.2 cm³/mol. The van der Waals surface area contributed by atoms with Gasteiger partial charge in [-0.2, -0.15) is 0 Å². The van der Waals surface area contributed by atoms with Crippen molar-refractivity contribution in [2.75, 3.05) is 11.4 Å². The number of fused-ring (bicyclic) bond motifs is 1. The first-order valence-corrected chi connectivity index (χ1v) is 8.42. The molecule has 0 atom stereocenters. The molecule has 0 fully saturated rings. The van der Waals surface area contributed by atoms with Crippen LogP contribution >= 0.6 is 15.9 Å².